The summed E-state index contributed by atoms with van der Waals surface area (Å²) in [5.74, 6) is 0. The third-order valence-electron chi connectivity index (χ3n) is 7.97. The first-order valence-electron chi connectivity index (χ1n) is 16.7. The molecule has 0 aromatic heterocycles. The third-order valence-corrected chi connectivity index (χ3v) is 7.97. The standard InChI is InChI=1S/2C23H21N2.Cu/c2*1-18-10-6-8-14-21(18)24-17-16-23(20-12-4-3-5-13-20)25-22-15-9-7-11-19(22)2;/h2*3-17H,1-2H3;/q2*-1;+2/b2*23-16-,24-17?;. The predicted octanol–water partition coefficient (Wildman–Crippen LogP) is 13.5. The summed E-state index contributed by atoms with van der Waals surface area (Å²) >= 11 is 0. The van der Waals surface area contributed by atoms with Gasteiger partial charge in [-0.05, 0) is 62.1 Å². The van der Waals surface area contributed by atoms with E-state index < -0.39 is 0 Å². The summed E-state index contributed by atoms with van der Waals surface area (Å²) in [4.78, 5) is 9.15. The van der Waals surface area contributed by atoms with Gasteiger partial charge < -0.3 is 10.6 Å². The number of benzene rings is 6. The monoisotopic (exact) mass is 713 g/mol. The average molecular weight is 714 g/mol. The molecule has 0 atom stereocenters. The molecular formula is C46H42CuN4. The fourth-order valence-corrected chi connectivity index (χ4v) is 5.04. The van der Waals surface area contributed by atoms with Crippen LogP contribution < -0.4 is 0 Å². The normalized spacial score (nSPS) is 11.5. The van der Waals surface area contributed by atoms with Gasteiger partial charge in [-0.2, -0.15) is 0 Å². The Labute approximate surface area is 313 Å². The predicted molar refractivity (Wildman–Crippen MR) is 216 cm³/mol. The van der Waals surface area contributed by atoms with Crippen LogP contribution in [0.2, 0.25) is 0 Å². The number of para-hydroxylation sites is 4. The first-order chi connectivity index (χ1) is 24.5. The molecule has 0 amide bonds. The van der Waals surface area contributed by atoms with Gasteiger partial charge in [0, 0.05) is 12.4 Å². The zero-order valence-corrected chi connectivity index (χ0v) is 30.4. The van der Waals surface area contributed by atoms with Crippen molar-refractivity contribution in [2.45, 2.75) is 27.7 Å². The van der Waals surface area contributed by atoms with Gasteiger partial charge in [0.05, 0.1) is 11.4 Å². The van der Waals surface area contributed by atoms with Gasteiger partial charge in [-0.3, -0.25) is 9.98 Å². The summed E-state index contributed by atoms with van der Waals surface area (Å²) in [5.41, 5.74) is 12.4. The summed E-state index contributed by atoms with van der Waals surface area (Å²) < 4.78 is 0. The Kier molecular flexibility index (Phi) is 15.0. The van der Waals surface area contributed by atoms with Gasteiger partial charge in [0.1, 0.15) is 0 Å². The smallest absolute Gasteiger partial charge is 0.657 e. The van der Waals surface area contributed by atoms with Gasteiger partial charge in [-0.15, -0.1) is 22.8 Å². The molecule has 6 rings (SSSR count). The topological polar surface area (TPSA) is 52.9 Å². The summed E-state index contributed by atoms with van der Waals surface area (Å²) in [6, 6.07) is 52.8. The van der Waals surface area contributed by atoms with Crippen LogP contribution in [-0.4, -0.2) is 12.4 Å². The van der Waals surface area contributed by atoms with E-state index in [1.807, 2.05) is 134 Å². The molecule has 1 radical (unpaired) electrons. The Bertz CT molecular complexity index is 1950. The largest absolute Gasteiger partial charge is 2.00 e. The number of hydrogen-bond donors (Lipinski definition) is 0. The van der Waals surface area contributed by atoms with Crippen molar-refractivity contribution in [1.82, 2.24) is 0 Å². The number of nitrogens with zero attached hydrogens (tertiary/aromatic N) is 4. The molecule has 0 N–H and O–H groups in total. The molecule has 0 aliphatic rings. The van der Waals surface area contributed by atoms with Gasteiger partial charge in [-0.25, -0.2) is 0 Å². The van der Waals surface area contributed by atoms with E-state index in [2.05, 4.69) is 86.2 Å². The number of aliphatic imine (C=N–C) groups is 2. The number of allylic oxidation sites excluding steroid dienone is 2. The molecule has 0 saturated heterocycles. The Hall–Kier alpha value is -5.74. The van der Waals surface area contributed by atoms with Crippen molar-refractivity contribution in [2.75, 3.05) is 0 Å². The van der Waals surface area contributed by atoms with Crippen LogP contribution >= 0.6 is 0 Å². The van der Waals surface area contributed by atoms with Gasteiger partial charge in [0.2, 0.25) is 0 Å². The van der Waals surface area contributed by atoms with Gasteiger partial charge in [0.15, 0.2) is 0 Å². The van der Waals surface area contributed by atoms with Crippen molar-refractivity contribution in [2.24, 2.45) is 9.98 Å². The maximum Gasteiger partial charge on any atom is 2.00 e. The van der Waals surface area contributed by atoms with Crippen LogP contribution in [0.3, 0.4) is 0 Å². The first-order valence-corrected chi connectivity index (χ1v) is 16.7. The minimum Gasteiger partial charge on any atom is -0.657 e. The van der Waals surface area contributed by atoms with Crippen LogP contribution in [0, 0.1) is 27.7 Å². The van der Waals surface area contributed by atoms with Crippen molar-refractivity contribution >= 4 is 46.6 Å². The van der Waals surface area contributed by atoms with E-state index in [0.29, 0.717) is 0 Å². The summed E-state index contributed by atoms with van der Waals surface area (Å²) in [7, 11) is 0. The van der Waals surface area contributed by atoms with Crippen LogP contribution in [0.25, 0.3) is 22.0 Å². The molecule has 0 saturated carbocycles. The number of hydrogen-bond acceptors (Lipinski definition) is 2. The van der Waals surface area contributed by atoms with Gasteiger partial charge in [-0.1, -0.05) is 169 Å². The van der Waals surface area contributed by atoms with E-state index in [-0.39, 0.29) is 17.1 Å². The van der Waals surface area contributed by atoms with Crippen molar-refractivity contribution in [1.29, 1.82) is 0 Å². The van der Waals surface area contributed by atoms with Crippen molar-refractivity contribution in [3.05, 3.63) is 214 Å². The second kappa shape index (κ2) is 20.1. The zero-order valence-electron chi connectivity index (χ0n) is 29.4. The molecule has 6 aromatic rings. The third kappa shape index (κ3) is 11.7. The van der Waals surface area contributed by atoms with Crippen molar-refractivity contribution < 1.29 is 17.1 Å². The Morgan fingerprint density at radius 1 is 0.392 bits per heavy atom. The molecule has 0 aliphatic heterocycles. The number of aryl methyl sites for hydroxylation is 4. The van der Waals surface area contributed by atoms with Gasteiger partial charge in [0.25, 0.3) is 0 Å². The second-order valence-corrected chi connectivity index (χ2v) is 11.8. The second-order valence-electron chi connectivity index (χ2n) is 11.8. The van der Waals surface area contributed by atoms with Crippen LogP contribution in [0.15, 0.2) is 180 Å². The average Bonchev–Trinajstić information content (AvgIpc) is 3.15. The minimum atomic E-state index is 0. The molecule has 4 nitrogen and oxygen atoms in total. The molecular weight excluding hydrogens is 672 g/mol. The Morgan fingerprint density at radius 3 is 1.06 bits per heavy atom. The van der Waals surface area contributed by atoms with Crippen LogP contribution in [0.1, 0.15) is 33.4 Å². The molecule has 0 unspecified atom stereocenters. The van der Waals surface area contributed by atoms with E-state index in [9.17, 15) is 0 Å². The molecule has 0 bridgehead atoms. The Morgan fingerprint density at radius 2 is 0.706 bits per heavy atom. The first kappa shape index (κ1) is 38.1. The molecule has 5 heteroatoms. The van der Waals surface area contributed by atoms with E-state index in [1.54, 1.807) is 0 Å². The molecule has 0 spiro atoms. The molecule has 51 heavy (non-hydrogen) atoms. The molecule has 0 aliphatic carbocycles. The van der Waals surface area contributed by atoms with Crippen LogP contribution in [0.4, 0.5) is 22.7 Å². The molecule has 6 aromatic carbocycles. The SMILES string of the molecule is Cc1ccccc1N=C/C=C(\[N-]c1ccccc1C)c1ccccc1.Cc1ccccc1N=C/C=C(\[N-]c1ccccc1C)c1ccccc1.[Cu+2]. The van der Waals surface area contributed by atoms with E-state index in [0.717, 1.165) is 67.5 Å². The Balaban J connectivity index is 0.000000224. The fraction of sp³-hybridized carbons (Fsp3) is 0.0870. The zero-order chi connectivity index (χ0) is 35.0. The maximum absolute atomic E-state index is 4.85. The van der Waals surface area contributed by atoms with Crippen LogP contribution in [-0.2, 0) is 17.1 Å². The summed E-state index contributed by atoms with van der Waals surface area (Å²) in [6.45, 7) is 8.27. The molecule has 257 valence electrons. The number of rotatable bonds is 10. The molecule has 0 fully saturated rings. The minimum absolute atomic E-state index is 0. The molecule has 0 heterocycles. The van der Waals surface area contributed by atoms with E-state index >= 15 is 0 Å². The quantitative estimate of drug-likeness (QED) is 0.100. The maximum atomic E-state index is 4.85. The van der Waals surface area contributed by atoms with E-state index in [4.69, 9.17) is 10.6 Å². The van der Waals surface area contributed by atoms with E-state index in [1.165, 1.54) is 0 Å². The summed E-state index contributed by atoms with van der Waals surface area (Å²) in [5, 5.41) is 9.70. The van der Waals surface area contributed by atoms with Crippen LogP contribution in [0.5, 0.6) is 0 Å². The van der Waals surface area contributed by atoms with Crippen molar-refractivity contribution in [3.63, 3.8) is 0 Å². The van der Waals surface area contributed by atoms with Crippen molar-refractivity contribution in [3.8, 4) is 0 Å². The summed E-state index contributed by atoms with van der Waals surface area (Å²) in [6.07, 6.45) is 7.58. The fourth-order valence-electron chi connectivity index (χ4n) is 5.04. The van der Waals surface area contributed by atoms with Gasteiger partial charge >= 0.3 is 17.1 Å².